The maximum atomic E-state index is 9.21. The van der Waals surface area contributed by atoms with Crippen LogP contribution in [0.15, 0.2) is 18.2 Å². The summed E-state index contributed by atoms with van der Waals surface area (Å²) in [6, 6.07) is 10.0. The minimum absolute atomic E-state index is 0.00482. The monoisotopic (exact) mass is 255 g/mol. The molecule has 2 rings (SSSR count). The van der Waals surface area contributed by atoms with Crippen molar-refractivity contribution in [2.45, 2.75) is 31.7 Å². The van der Waals surface area contributed by atoms with Gasteiger partial charge < -0.3 is 10.1 Å². The molecule has 0 aliphatic heterocycles. The third-order valence-electron chi connectivity index (χ3n) is 3.63. The van der Waals surface area contributed by atoms with Gasteiger partial charge in [-0.05, 0) is 25.0 Å². The van der Waals surface area contributed by atoms with Gasteiger partial charge in [-0.1, -0.05) is 18.9 Å². The van der Waals surface area contributed by atoms with Crippen LogP contribution in [0, 0.1) is 28.6 Å². The zero-order valence-corrected chi connectivity index (χ0v) is 11.0. The van der Waals surface area contributed by atoms with Crippen molar-refractivity contribution in [1.29, 1.82) is 10.5 Å². The van der Waals surface area contributed by atoms with Gasteiger partial charge in [0.2, 0.25) is 0 Å². The maximum Gasteiger partial charge on any atom is 0.143 e. The molecule has 0 heterocycles. The van der Waals surface area contributed by atoms with Crippen molar-refractivity contribution < 1.29 is 4.74 Å². The predicted molar refractivity (Wildman–Crippen MR) is 72.7 cm³/mol. The molecule has 1 saturated carbocycles. The Hall–Kier alpha value is -2.20. The van der Waals surface area contributed by atoms with E-state index in [1.54, 1.807) is 19.2 Å². The summed E-state index contributed by atoms with van der Waals surface area (Å²) in [7, 11) is 1.59. The standard InChI is InChI=1S/C15H17N3O/c1-19-14-8-4-6-12(10-17)15(14)18-13-7-3-2-5-11(13)9-16/h4,6,8,11,13,18H,2-3,5,7H2,1H3. The number of rotatable bonds is 3. The summed E-state index contributed by atoms with van der Waals surface area (Å²) in [5.74, 6) is 0.659. The highest BCUT2D eigenvalue weighted by Gasteiger charge is 2.26. The van der Waals surface area contributed by atoms with Crippen molar-refractivity contribution in [2.75, 3.05) is 12.4 Å². The van der Waals surface area contributed by atoms with E-state index in [2.05, 4.69) is 17.5 Å². The molecule has 4 nitrogen and oxygen atoms in total. The number of nitrogens with zero attached hydrogens (tertiary/aromatic N) is 2. The molecule has 1 aromatic rings. The van der Waals surface area contributed by atoms with Gasteiger partial charge in [-0.25, -0.2) is 0 Å². The first-order valence-electron chi connectivity index (χ1n) is 6.53. The van der Waals surface area contributed by atoms with Gasteiger partial charge in [0.05, 0.1) is 30.3 Å². The minimum Gasteiger partial charge on any atom is -0.495 e. The van der Waals surface area contributed by atoms with Crippen LogP contribution in [-0.2, 0) is 0 Å². The highest BCUT2D eigenvalue weighted by Crippen LogP contribution is 2.33. The van der Waals surface area contributed by atoms with Gasteiger partial charge in [0.1, 0.15) is 11.8 Å². The van der Waals surface area contributed by atoms with Crippen molar-refractivity contribution in [3.63, 3.8) is 0 Å². The van der Waals surface area contributed by atoms with Gasteiger partial charge in [0.25, 0.3) is 0 Å². The Morgan fingerprint density at radius 2 is 2.05 bits per heavy atom. The van der Waals surface area contributed by atoms with Gasteiger partial charge in [-0.2, -0.15) is 10.5 Å². The highest BCUT2D eigenvalue weighted by atomic mass is 16.5. The lowest BCUT2D eigenvalue weighted by molar-refractivity contribution is 0.383. The van der Waals surface area contributed by atoms with Crippen molar-refractivity contribution in [3.8, 4) is 17.9 Å². The van der Waals surface area contributed by atoms with Crippen LogP contribution in [-0.4, -0.2) is 13.2 Å². The summed E-state index contributed by atoms with van der Waals surface area (Å²) in [6.45, 7) is 0. The third kappa shape index (κ3) is 2.80. The van der Waals surface area contributed by atoms with Crippen LogP contribution < -0.4 is 10.1 Å². The summed E-state index contributed by atoms with van der Waals surface area (Å²) in [5, 5.41) is 21.7. The number of hydrogen-bond acceptors (Lipinski definition) is 4. The number of nitrogens with one attached hydrogen (secondary N) is 1. The molecule has 0 spiro atoms. The van der Waals surface area contributed by atoms with E-state index in [1.807, 2.05) is 6.07 Å². The van der Waals surface area contributed by atoms with E-state index < -0.39 is 0 Å². The van der Waals surface area contributed by atoms with E-state index in [0.29, 0.717) is 17.0 Å². The average molecular weight is 255 g/mol. The fourth-order valence-electron chi connectivity index (χ4n) is 2.59. The van der Waals surface area contributed by atoms with Gasteiger partial charge in [0, 0.05) is 6.04 Å². The number of methoxy groups -OCH3 is 1. The average Bonchev–Trinajstić information content (AvgIpc) is 2.48. The molecule has 98 valence electrons. The molecule has 1 fully saturated rings. The summed E-state index contributed by atoms with van der Waals surface area (Å²) in [5.41, 5.74) is 1.27. The second-order valence-corrected chi connectivity index (χ2v) is 4.77. The van der Waals surface area contributed by atoms with E-state index in [0.717, 1.165) is 25.7 Å². The number of hydrogen-bond donors (Lipinski definition) is 1. The van der Waals surface area contributed by atoms with E-state index in [9.17, 15) is 10.5 Å². The zero-order chi connectivity index (χ0) is 13.7. The molecule has 0 radical (unpaired) electrons. The van der Waals surface area contributed by atoms with Gasteiger partial charge >= 0.3 is 0 Å². The Bertz CT molecular complexity index is 527. The van der Waals surface area contributed by atoms with Gasteiger partial charge in [-0.15, -0.1) is 0 Å². The van der Waals surface area contributed by atoms with E-state index in [1.165, 1.54) is 0 Å². The number of nitriles is 2. The van der Waals surface area contributed by atoms with Crippen LogP contribution in [0.4, 0.5) is 5.69 Å². The molecule has 0 bridgehead atoms. The number of ether oxygens (including phenoxy) is 1. The maximum absolute atomic E-state index is 9.21. The summed E-state index contributed by atoms with van der Waals surface area (Å²) < 4.78 is 5.30. The fraction of sp³-hybridized carbons (Fsp3) is 0.467. The lowest BCUT2D eigenvalue weighted by atomic mass is 9.85. The molecule has 2 unspecified atom stereocenters. The van der Waals surface area contributed by atoms with E-state index >= 15 is 0 Å². The molecule has 0 amide bonds. The van der Waals surface area contributed by atoms with Crippen molar-refractivity contribution >= 4 is 5.69 Å². The second-order valence-electron chi connectivity index (χ2n) is 4.77. The molecule has 2 atom stereocenters. The molecular weight excluding hydrogens is 238 g/mol. The molecule has 1 N–H and O–H groups in total. The highest BCUT2D eigenvalue weighted by molar-refractivity contribution is 5.66. The lowest BCUT2D eigenvalue weighted by Gasteiger charge is -2.29. The van der Waals surface area contributed by atoms with Crippen molar-refractivity contribution in [1.82, 2.24) is 0 Å². The molecule has 1 aliphatic rings. The van der Waals surface area contributed by atoms with Crippen molar-refractivity contribution in [3.05, 3.63) is 23.8 Å². The van der Waals surface area contributed by atoms with Crippen LogP contribution in [0.5, 0.6) is 5.75 Å². The number of anilines is 1. The quantitative estimate of drug-likeness (QED) is 0.901. The van der Waals surface area contributed by atoms with Gasteiger partial charge in [-0.3, -0.25) is 0 Å². The van der Waals surface area contributed by atoms with Crippen LogP contribution in [0.3, 0.4) is 0 Å². The van der Waals surface area contributed by atoms with Crippen LogP contribution >= 0.6 is 0 Å². The molecule has 1 aliphatic carbocycles. The SMILES string of the molecule is COc1cccc(C#N)c1NC1CCCCC1C#N. The minimum atomic E-state index is 0.00482. The molecule has 0 aromatic heterocycles. The predicted octanol–water partition coefficient (Wildman–Crippen LogP) is 3.06. The molecular formula is C15H17N3O. The Balaban J connectivity index is 2.27. The van der Waals surface area contributed by atoms with E-state index in [4.69, 9.17) is 4.74 Å². The Morgan fingerprint density at radius 1 is 1.26 bits per heavy atom. The topological polar surface area (TPSA) is 68.8 Å². The van der Waals surface area contributed by atoms with Crippen LogP contribution in [0.2, 0.25) is 0 Å². The molecule has 4 heteroatoms. The van der Waals surface area contributed by atoms with Crippen LogP contribution in [0.25, 0.3) is 0 Å². The Labute approximate surface area is 113 Å². The molecule has 1 aromatic carbocycles. The Morgan fingerprint density at radius 3 is 2.74 bits per heavy atom. The van der Waals surface area contributed by atoms with Gasteiger partial charge in [0.15, 0.2) is 0 Å². The smallest absolute Gasteiger partial charge is 0.143 e. The van der Waals surface area contributed by atoms with Crippen molar-refractivity contribution in [2.24, 2.45) is 5.92 Å². The first kappa shape index (κ1) is 13.2. The van der Waals surface area contributed by atoms with E-state index in [-0.39, 0.29) is 12.0 Å². The first-order valence-corrected chi connectivity index (χ1v) is 6.53. The third-order valence-corrected chi connectivity index (χ3v) is 3.63. The molecule has 19 heavy (non-hydrogen) atoms. The lowest BCUT2D eigenvalue weighted by Crippen LogP contribution is -2.31. The number of para-hydroxylation sites is 1. The summed E-state index contributed by atoms with van der Waals surface area (Å²) in [6.07, 6.45) is 4.10. The summed E-state index contributed by atoms with van der Waals surface area (Å²) >= 11 is 0. The Kier molecular flexibility index (Phi) is 4.26. The summed E-state index contributed by atoms with van der Waals surface area (Å²) in [4.78, 5) is 0. The second kappa shape index (κ2) is 6.11. The normalized spacial score (nSPS) is 22.1. The first-order chi connectivity index (χ1) is 9.30. The number of benzene rings is 1. The largest absolute Gasteiger partial charge is 0.495 e. The van der Waals surface area contributed by atoms with Crippen LogP contribution in [0.1, 0.15) is 31.2 Å². The molecule has 0 saturated heterocycles. The fourth-order valence-corrected chi connectivity index (χ4v) is 2.59. The zero-order valence-electron chi connectivity index (χ0n) is 11.0.